The fourth-order valence-electron chi connectivity index (χ4n) is 1.86. The quantitative estimate of drug-likeness (QED) is 0.769. The van der Waals surface area contributed by atoms with Crippen LogP contribution in [0.2, 0.25) is 5.02 Å². The van der Waals surface area contributed by atoms with E-state index in [1.807, 2.05) is 0 Å². The second-order valence-corrected chi connectivity index (χ2v) is 5.44. The van der Waals surface area contributed by atoms with Crippen LogP contribution in [-0.4, -0.2) is 39.4 Å². The molecule has 0 saturated heterocycles. The molecule has 0 spiro atoms. The number of carbonyl (C=O) groups is 2. The lowest BCUT2D eigenvalue weighted by molar-refractivity contribution is 0.0918. The van der Waals surface area contributed by atoms with Gasteiger partial charge in [0.15, 0.2) is 5.69 Å². The van der Waals surface area contributed by atoms with Gasteiger partial charge < -0.3 is 15.7 Å². The molecule has 0 bridgehead atoms. The second-order valence-electron chi connectivity index (χ2n) is 5.03. The number of anilines is 1. The molecule has 23 heavy (non-hydrogen) atoms. The maximum absolute atomic E-state index is 12.2. The first kappa shape index (κ1) is 17.0. The van der Waals surface area contributed by atoms with Crippen LogP contribution in [0.25, 0.3) is 0 Å². The number of nitrogens with one attached hydrogen (secondary N) is 2. The van der Waals surface area contributed by atoms with E-state index in [2.05, 4.69) is 15.7 Å². The number of hydrogen-bond donors (Lipinski definition) is 3. The molecule has 1 atom stereocenters. The summed E-state index contributed by atoms with van der Waals surface area (Å²) in [6, 6.07) is 8.11. The van der Waals surface area contributed by atoms with Crippen LogP contribution < -0.4 is 10.6 Å². The lowest BCUT2D eigenvalue weighted by Crippen LogP contribution is -2.30. The summed E-state index contributed by atoms with van der Waals surface area (Å²) < 4.78 is 1.38. The summed E-state index contributed by atoms with van der Waals surface area (Å²) >= 11 is 5.98. The van der Waals surface area contributed by atoms with E-state index in [1.54, 1.807) is 38.2 Å². The highest BCUT2D eigenvalue weighted by Gasteiger charge is 2.16. The zero-order valence-electron chi connectivity index (χ0n) is 12.7. The second kappa shape index (κ2) is 7.26. The third-order valence-electron chi connectivity index (χ3n) is 3.03. The molecule has 0 aliphatic rings. The van der Waals surface area contributed by atoms with Crippen molar-refractivity contribution < 1.29 is 14.7 Å². The van der Waals surface area contributed by atoms with Crippen LogP contribution in [0.3, 0.4) is 0 Å². The first-order chi connectivity index (χ1) is 10.9. The van der Waals surface area contributed by atoms with Crippen LogP contribution >= 0.6 is 11.6 Å². The van der Waals surface area contributed by atoms with Crippen LogP contribution in [0, 0.1) is 0 Å². The number of aliphatic hydroxyl groups excluding tert-OH is 1. The SMILES string of the molecule is CC(O)CNC(=O)c1cc(NC(=O)c2ccccc2Cl)n(C)n1. The summed E-state index contributed by atoms with van der Waals surface area (Å²) in [6.45, 7) is 1.69. The number of amides is 2. The highest BCUT2D eigenvalue weighted by atomic mass is 35.5. The number of carbonyl (C=O) groups excluding carboxylic acids is 2. The zero-order chi connectivity index (χ0) is 17.0. The van der Waals surface area contributed by atoms with Gasteiger partial charge in [0.2, 0.25) is 0 Å². The largest absolute Gasteiger partial charge is 0.392 e. The van der Waals surface area contributed by atoms with Crippen molar-refractivity contribution in [2.45, 2.75) is 13.0 Å². The normalized spacial score (nSPS) is 11.8. The van der Waals surface area contributed by atoms with Gasteiger partial charge in [-0.2, -0.15) is 5.10 Å². The number of aromatic nitrogens is 2. The van der Waals surface area contributed by atoms with Crippen LogP contribution in [0.15, 0.2) is 30.3 Å². The number of halogens is 1. The Kier molecular flexibility index (Phi) is 5.36. The van der Waals surface area contributed by atoms with E-state index in [9.17, 15) is 9.59 Å². The van der Waals surface area contributed by atoms with Crippen molar-refractivity contribution in [2.75, 3.05) is 11.9 Å². The Morgan fingerprint density at radius 3 is 2.70 bits per heavy atom. The van der Waals surface area contributed by atoms with Crippen molar-refractivity contribution in [3.63, 3.8) is 0 Å². The molecule has 1 unspecified atom stereocenters. The molecule has 1 heterocycles. The third-order valence-corrected chi connectivity index (χ3v) is 3.36. The minimum Gasteiger partial charge on any atom is -0.392 e. The molecule has 0 radical (unpaired) electrons. The van der Waals surface area contributed by atoms with Gasteiger partial charge in [0.1, 0.15) is 5.82 Å². The summed E-state index contributed by atoms with van der Waals surface area (Å²) in [5.74, 6) is -0.466. The first-order valence-corrected chi connectivity index (χ1v) is 7.32. The number of aliphatic hydroxyl groups is 1. The monoisotopic (exact) mass is 336 g/mol. The molecule has 0 saturated carbocycles. The predicted molar refractivity (Wildman–Crippen MR) is 86.6 cm³/mol. The van der Waals surface area contributed by atoms with E-state index in [1.165, 1.54) is 10.7 Å². The lowest BCUT2D eigenvalue weighted by Gasteiger charge is -2.06. The third kappa shape index (κ3) is 4.30. The molecule has 1 aromatic heterocycles. The Morgan fingerprint density at radius 2 is 2.04 bits per heavy atom. The summed E-state index contributed by atoms with van der Waals surface area (Å²) in [7, 11) is 1.60. The van der Waals surface area contributed by atoms with E-state index in [-0.39, 0.29) is 12.2 Å². The van der Waals surface area contributed by atoms with E-state index >= 15 is 0 Å². The molecule has 122 valence electrons. The number of rotatable bonds is 5. The molecular formula is C15H17ClN4O3. The minimum absolute atomic E-state index is 0.122. The molecule has 0 aliphatic carbocycles. The van der Waals surface area contributed by atoms with Crippen molar-refractivity contribution in [2.24, 2.45) is 7.05 Å². The summed E-state index contributed by atoms with van der Waals surface area (Å²) in [4.78, 5) is 24.1. The predicted octanol–water partition coefficient (Wildman–Crippen LogP) is 1.44. The lowest BCUT2D eigenvalue weighted by atomic mass is 10.2. The van der Waals surface area contributed by atoms with E-state index in [4.69, 9.17) is 16.7 Å². The van der Waals surface area contributed by atoms with Gasteiger partial charge in [-0.25, -0.2) is 0 Å². The van der Waals surface area contributed by atoms with Crippen molar-refractivity contribution >= 4 is 29.2 Å². The highest BCUT2D eigenvalue weighted by Crippen LogP contribution is 2.17. The number of aryl methyl sites for hydroxylation is 1. The smallest absolute Gasteiger partial charge is 0.271 e. The fourth-order valence-corrected chi connectivity index (χ4v) is 2.08. The van der Waals surface area contributed by atoms with Crippen molar-refractivity contribution in [1.82, 2.24) is 15.1 Å². The molecule has 1 aromatic carbocycles. The molecule has 3 N–H and O–H groups in total. The van der Waals surface area contributed by atoms with Crippen LogP contribution in [0.4, 0.5) is 5.82 Å². The highest BCUT2D eigenvalue weighted by molar-refractivity contribution is 6.34. The standard InChI is InChI=1S/C15H17ClN4O3/c1-9(21)8-17-15(23)12-7-13(20(2)19-12)18-14(22)10-5-3-4-6-11(10)16/h3-7,9,21H,8H2,1-2H3,(H,17,23)(H,18,22). The Bertz CT molecular complexity index is 727. The first-order valence-electron chi connectivity index (χ1n) is 6.94. The molecule has 8 heteroatoms. The average molecular weight is 337 g/mol. The molecule has 7 nitrogen and oxygen atoms in total. The van der Waals surface area contributed by atoms with Gasteiger partial charge in [-0.3, -0.25) is 14.3 Å². The Morgan fingerprint density at radius 1 is 1.35 bits per heavy atom. The molecule has 2 amide bonds. The average Bonchev–Trinajstić information content (AvgIpc) is 2.86. The summed E-state index contributed by atoms with van der Waals surface area (Å²) in [5, 5.41) is 18.7. The Balaban J connectivity index is 2.11. The Labute approximate surface area is 138 Å². The van der Waals surface area contributed by atoms with Crippen LogP contribution in [0.5, 0.6) is 0 Å². The molecule has 2 rings (SSSR count). The van der Waals surface area contributed by atoms with E-state index < -0.39 is 17.9 Å². The van der Waals surface area contributed by atoms with Crippen molar-refractivity contribution in [1.29, 1.82) is 0 Å². The minimum atomic E-state index is -0.651. The maximum Gasteiger partial charge on any atom is 0.271 e. The van der Waals surface area contributed by atoms with Gasteiger partial charge in [0.05, 0.1) is 16.7 Å². The molecule has 2 aromatic rings. The number of benzene rings is 1. The zero-order valence-corrected chi connectivity index (χ0v) is 13.5. The molecule has 0 aliphatic heterocycles. The van der Waals surface area contributed by atoms with Gasteiger partial charge in [-0.1, -0.05) is 23.7 Å². The topological polar surface area (TPSA) is 96.3 Å². The fraction of sp³-hybridized carbons (Fsp3) is 0.267. The van der Waals surface area contributed by atoms with Crippen LogP contribution in [0.1, 0.15) is 27.8 Å². The van der Waals surface area contributed by atoms with Crippen LogP contribution in [-0.2, 0) is 7.05 Å². The maximum atomic E-state index is 12.2. The van der Waals surface area contributed by atoms with Crippen molar-refractivity contribution in [3.8, 4) is 0 Å². The van der Waals surface area contributed by atoms with Crippen molar-refractivity contribution in [3.05, 3.63) is 46.6 Å². The van der Waals surface area contributed by atoms with Gasteiger partial charge in [0, 0.05) is 19.7 Å². The van der Waals surface area contributed by atoms with Gasteiger partial charge in [-0.05, 0) is 19.1 Å². The van der Waals surface area contributed by atoms with E-state index in [0.717, 1.165) is 0 Å². The number of hydrogen-bond acceptors (Lipinski definition) is 4. The summed E-state index contributed by atoms with van der Waals surface area (Å²) in [5.41, 5.74) is 0.470. The Hall–Kier alpha value is -2.38. The van der Waals surface area contributed by atoms with E-state index in [0.29, 0.717) is 16.4 Å². The van der Waals surface area contributed by atoms with Gasteiger partial charge >= 0.3 is 0 Å². The summed E-state index contributed by atoms with van der Waals surface area (Å²) in [6.07, 6.45) is -0.651. The number of nitrogens with zero attached hydrogens (tertiary/aromatic N) is 2. The van der Waals surface area contributed by atoms with Gasteiger partial charge in [-0.15, -0.1) is 0 Å². The molecule has 0 fully saturated rings. The molecular weight excluding hydrogens is 320 g/mol. The van der Waals surface area contributed by atoms with Gasteiger partial charge in [0.25, 0.3) is 11.8 Å².